The van der Waals surface area contributed by atoms with Crippen molar-refractivity contribution >= 4 is 15.2 Å². The molecule has 0 rings (SSSR count). The summed E-state index contributed by atoms with van der Waals surface area (Å²) in [5, 5.41) is 11.3. The second kappa shape index (κ2) is 15.5. The lowest BCUT2D eigenvalue weighted by Gasteiger charge is -2.03. The second-order valence-electron chi connectivity index (χ2n) is 5.33. The Morgan fingerprint density at radius 3 is 1.69 bits per heavy atom. The average molecular weight is 243 g/mol. The molecule has 0 aliphatic heterocycles. The van der Waals surface area contributed by atoms with Crippen molar-refractivity contribution in [2.75, 3.05) is 6.61 Å². The van der Waals surface area contributed by atoms with Gasteiger partial charge >= 0.3 is 0 Å². The molecule has 0 aromatic carbocycles. The van der Waals surface area contributed by atoms with E-state index >= 15 is 0 Å². The number of unbranched alkanes of at least 4 members (excludes halogenated alkanes) is 3. The summed E-state index contributed by atoms with van der Waals surface area (Å²) in [4.78, 5) is 0. The van der Waals surface area contributed by atoms with Gasteiger partial charge in [0.05, 0.1) is 0 Å². The molecule has 0 heterocycles. The maximum atomic E-state index is 8.29. The summed E-state index contributed by atoms with van der Waals surface area (Å²) in [6, 6.07) is 0. The zero-order valence-electron chi connectivity index (χ0n) is 12.1. The van der Waals surface area contributed by atoms with Crippen LogP contribution >= 0.6 is 0 Å². The third kappa shape index (κ3) is 24.0. The number of rotatable bonds is 8. The first-order valence-electron chi connectivity index (χ1n) is 6.97. The topological polar surface area (TPSA) is 20.2 Å². The van der Waals surface area contributed by atoms with Gasteiger partial charge in [0, 0.05) is 6.61 Å². The molecule has 16 heavy (non-hydrogen) atoms. The van der Waals surface area contributed by atoms with Crippen LogP contribution in [0.2, 0.25) is 10.6 Å². The van der Waals surface area contributed by atoms with Crippen molar-refractivity contribution in [2.24, 2.45) is 11.8 Å². The van der Waals surface area contributed by atoms with E-state index in [2.05, 4.69) is 34.6 Å². The van der Waals surface area contributed by atoms with Gasteiger partial charge < -0.3 is 5.11 Å². The quantitative estimate of drug-likeness (QED) is 0.495. The van der Waals surface area contributed by atoms with Gasteiger partial charge in [0.15, 0.2) is 0 Å². The molecule has 1 radical (unpaired) electrons. The van der Waals surface area contributed by atoms with Crippen LogP contribution in [0.1, 0.15) is 60.3 Å². The molecule has 1 nitrogen and oxygen atoms in total. The number of hydrogen-bond acceptors (Lipinski definition) is 1. The molecule has 0 amide bonds. The van der Waals surface area contributed by atoms with Gasteiger partial charge in [-0.05, 0) is 6.42 Å². The monoisotopic (exact) mass is 243 g/mol. The first-order chi connectivity index (χ1) is 7.54. The Bertz CT molecular complexity index is 101. The van der Waals surface area contributed by atoms with Crippen LogP contribution in [0.3, 0.4) is 0 Å². The molecular formula is C14H32AlO. The highest BCUT2D eigenvalue weighted by Gasteiger charge is 1.98. The molecule has 0 aliphatic carbocycles. The van der Waals surface area contributed by atoms with E-state index in [4.69, 9.17) is 5.11 Å². The zero-order valence-corrected chi connectivity index (χ0v) is 13.3. The normalized spacial score (nSPS) is 10.2. The summed E-state index contributed by atoms with van der Waals surface area (Å²) in [5.74, 6) is 1.86. The van der Waals surface area contributed by atoms with Crippen molar-refractivity contribution in [2.45, 2.75) is 70.9 Å². The minimum Gasteiger partial charge on any atom is -0.396 e. The Kier molecular flexibility index (Phi) is 18.2. The predicted octanol–water partition coefficient (Wildman–Crippen LogP) is 4.40. The van der Waals surface area contributed by atoms with E-state index in [1.54, 1.807) is 0 Å². The Hall–Kier alpha value is 0.492. The summed E-state index contributed by atoms with van der Waals surface area (Å²) in [6.45, 7) is 11.8. The molecule has 0 saturated heterocycles. The molecule has 0 bridgehead atoms. The lowest BCUT2D eigenvalue weighted by atomic mass is 10.2. The fourth-order valence-corrected chi connectivity index (χ4v) is 2.83. The molecule has 0 saturated carbocycles. The average Bonchev–Trinajstić information content (AvgIpc) is 2.18. The van der Waals surface area contributed by atoms with Crippen molar-refractivity contribution in [3.63, 3.8) is 0 Å². The smallest absolute Gasteiger partial charge is 0.200 e. The fourth-order valence-electron chi connectivity index (χ4n) is 1.30. The lowest BCUT2D eigenvalue weighted by molar-refractivity contribution is 0.283. The molecular weight excluding hydrogens is 211 g/mol. The van der Waals surface area contributed by atoms with Gasteiger partial charge in [0.2, 0.25) is 15.2 Å². The van der Waals surface area contributed by atoms with Crippen LogP contribution in [0.25, 0.3) is 0 Å². The third-order valence-electron chi connectivity index (χ3n) is 2.29. The predicted molar refractivity (Wildman–Crippen MR) is 76.3 cm³/mol. The van der Waals surface area contributed by atoms with E-state index < -0.39 is 0 Å². The SMILES string of the molecule is CC(C)[CH2][Al][CH2]C(C)C.CCCCCCO. The molecule has 1 N–H and O–H groups in total. The molecule has 97 valence electrons. The van der Waals surface area contributed by atoms with Gasteiger partial charge in [-0.3, -0.25) is 0 Å². The zero-order chi connectivity index (χ0) is 12.8. The van der Waals surface area contributed by atoms with E-state index in [0.717, 1.165) is 33.5 Å². The van der Waals surface area contributed by atoms with Crippen LogP contribution in [0.15, 0.2) is 0 Å². The van der Waals surface area contributed by atoms with Gasteiger partial charge in [-0.25, -0.2) is 0 Å². The van der Waals surface area contributed by atoms with Crippen molar-refractivity contribution in [3.8, 4) is 0 Å². The van der Waals surface area contributed by atoms with E-state index in [9.17, 15) is 0 Å². The fraction of sp³-hybridized carbons (Fsp3) is 1.00. The molecule has 0 unspecified atom stereocenters. The molecule has 2 heteroatoms. The summed E-state index contributed by atoms with van der Waals surface area (Å²) in [5.41, 5.74) is 0. The van der Waals surface area contributed by atoms with Crippen molar-refractivity contribution in [3.05, 3.63) is 0 Å². The van der Waals surface area contributed by atoms with Gasteiger partial charge in [0.1, 0.15) is 0 Å². The number of hydrogen-bond donors (Lipinski definition) is 1. The van der Waals surface area contributed by atoms with Crippen LogP contribution in [0.5, 0.6) is 0 Å². The van der Waals surface area contributed by atoms with Gasteiger partial charge in [-0.1, -0.05) is 65.7 Å². The second-order valence-corrected chi connectivity index (χ2v) is 6.85. The Morgan fingerprint density at radius 2 is 1.38 bits per heavy atom. The Morgan fingerprint density at radius 1 is 0.875 bits per heavy atom. The molecule has 0 atom stereocenters. The van der Waals surface area contributed by atoms with Crippen molar-refractivity contribution < 1.29 is 5.11 Å². The summed E-state index contributed by atoms with van der Waals surface area (Å²) in [6.07, 6.45) is 4.68. The molecule has 0 aromatic rings. The van der Waals surface area contributed by atoms with Crippen LogP contribution in [0.4, 0.5) is 0 Å². The van der Waals surface area contributed by atoms with E-state index in [1.165, 1.54) is 29.8 Å². The molecule has 0 spiro atoms. The maximum absolute atomic E-state index is 8.29. The van der Waals surface area contributed by atoms with Gasteiger partial charge in [-0.2, -0.15) is 0 Å². The van der Waals surface area contributed by atoms with E-state index in [0.29, 0.717) is 6.61 Å². The van der Waals surface area contributed by atoms with Gasteiger partial charge in [-0.15, -0.1) is 10.6 Å². The maximum Gasteiger partial charge on any atom is 0.200 e. The number of aliphatic hydroxyl groups is 1. The van der Waals surface area contributed by atoms with Gasteiger partial charge in [0.25, 0.3) is 0 Å². The molecule has 0 fully saturated rings. The summed E-state index contributed by atoms with van der Waals surface area (Å²) in [7, 11) is 0. The third-order valence-corrected chi connectivity index (χ3v) is 4.84. The Balaban J connectivity index is 0. The molecule has 0 aliphatic rings. The summed E-state index contributed by atoms with van der Waals surface area (Å²) < 4.78 is 0. The highest BCUT2D eigenvalue weighted by Crippen LogP contribution is 2.05. The van der Waals surface area contributed by atoms with E-state index in [-0.39, 0.29) is 0 Å². The minimum absolute atomic E-state index is 0.361. The Labute approximate surface area is 110 Å². The van der Waals surface area contributed by atoms with E-state index in [1.807, 2.05) is 0 Å². The summed E-state index contributed by atoms with van der Waals surface area (Å²) >= 11 is 0.755. The number of aliphatic hydroxyl groups excluding tert-OH is 1. The highest BCUT2D eigenvalue weighted by atomic mass is 27.1. The molecule has 0 aromatic heterocycles. The first kappa shape index (κ1) is 18.8. The van der Waals surface area contributed by atoms with Crippen molar-refractivity contribution in [1.29, 1.82) is 0 Å². The van der Waals surface area contributed by atoms with Crippen LogP contribution in [0, 0.1) is 11.8 Å². The largest absolute Gasteiger partial charge is 0.396 e. The van der Waals surface area contributed by atoms with Crippen LogP contribution < -0.4 is 0 Å². The minimum atomic E-state index is 0.361. The van der Waals surface area contributed by atoms with Crippen LogP contribution in [-0.4, -0.2) is 26.9 Å². The van der Waals surface area contributed by atoms with Crippen molar-refractivity contribution in [1.82, 2.24) is 0 Å². The first-order valence-corrected chi connectivity index (χ1v) is 8.60. The lowest BCUT2D eigenvalue weighted by Crippen LogP contribution is -1.99. The highest BCUT2D eigenvalue weighted by molar-refractivity contribution is 6.35. The standard InChI is InChI=1S/C6H14O.2C4H9.Al/c1-2-3-4-5-6-7;2*1-4(2)3;/h7H,2-6H2,1H3;2*4H,1H2,2-3H3;. The van der Waals surface area contributed by atoms with Crippen LogP contribution in [-0.2, 0) is 0 Å².